The average molecular weight is 393 g/mol. The number of rotatable bonds is 8. The van der Waals surface area contributed by atoms with E-state index in [9.17, 15) is 4.79 Å². The van der Waals surface area contributed by atoms with Gasteiger partial charge in [0.1, 0.15) is 0 Å². The van der Waals surface area contributed by atoms with Crippen molar-refractivity contribution in [2.24, 2.45) is 5.92 Å². The summed E-state index contributed by atoms with van der Waals surface area (Å²) >= 11 is 0. The molecule has 3 rings (SSSR count). The number of fused-ring (bicyclic) bond motifs is 1. The van der Waals surface area contributed by atoms with E-state index in [2.05, 4.69) is 18.8 Å². The van der Waals surface area contributed by atoms with E-state index in [0.717, 1.165) is 16.5 Å². The maximum Gasteiger partial charge on any atom is 0.203 e. The molecule has 0 aliphatic rings. The topological polar surface area (TPSA) is 60.6 Å². The van der Waals surface area contributed by atoms with E-state index in [1.807, 2.05) is 43.5 Å². The van der Waals surface area contributed by atoms with Gasteiger partial charge >= 0.3 is 0 Å². The lowest BCUT2D eigenvalue weighted by molar-refractivity contribution is 0.103. The van der Waals surface area contributed by atoms with Crippen LogP contribution in [0.15, 0.2) is 48.2 Å². The van der Waals surface area contributed by atoms with E-state index >= 15 is 0 Å². The normalized spacial score (nSPS) is 11.7. The van der Waals surface area contributed by atoms with Gasteiger partial charge in [0.25, 0.3) is 0 Å². The van der Waals surface area contributed by atoms with Gasteiger partial charge in [-0.25, -0.2) is 0 Å². The molecule has 0 aliphatic carbocycles. The van der Waals surface area contributed by atoms with E-state index in [-0.39, 0.29) is 5.78 Å². The molecule has 0 radical (unpaired) electrons. The Bertz CT molecular complexity index is 1020. The van der Waals surface area contributed by atoms with E-state index in [1.54, 1.807) is 26.4 Å². The Hall–Kier alpha value is -3.21. The van der Waals surface area contributed by atoms with Crippen molar-refractivity contribution in [3.05, 3.63) is 59.3 Å². The van der Waals surface area contributed by atoms with E-state index in [0.29, 0.717) is 40.9 Å². The van der Waals surface area contributed by atoms with Gasteiger partial charge in [-0.1, -0.05) is 32.0 Å². The van der Waals surface area contributed by atoms with Crippen LogP contribution in [0.25, 0.3) is 17.0 Å². The first-order valence-corrected chi connectivity index (χ1v) is 9.62. The molecule has 2 aromatic carbocycles. The zero-order chi connectivity index (χ0) is 21.0. The van der Waals surface area contributed by atoms with E-state index in [1.165, 1.54) is 0 Å². The Morgan fingerprint density at radius 2 is 1.76 bits per heavy atom. The van der Waals surface area contributed by atoms with Gasteiger partial charge in [-0.2, -0.15) is 0 Å². The molecular formula is C24H27NO4. The highest BCUT2D eigenvalue weighted by Crippen LogP contribution is 2.39. The summed E-state index contributed by atoms with van der Waals surface area (Å²) in [4.78, 5) is 16.3. The number of allylic oxidation sites excluding steroid dienone is 1. The van der Waals surface area contributed by atoms with Crippen LogP contribution in [0.4, 0.5) is 0 Å². The fourth-order valence-corrected chi connectivity index (χ4v) is 3.14. The number of Topliss-reactive ketones (excluding diaryl/α,β-unsaturated/α-hetero) is 1. The van der Waals surface area contributed by atoms with Gasteiger partial charge in [-0.3, -0.25) is 4.79 Å². The molecular weight excluding hydrogens is 366 g/mol. The summed E-state index contributed by atoms with van der Waals surface area (Å²) in [6.07, 6.45) is 3.80. The smallest absolute Gasteiger partial charge is 0.203 e. The van der Waals surface area contributed by atoms with Gasteiger partial charge in [0.15, 0.2) is 17.3 Å². The molecule has 0 aliphatic heterocycles. The minimum Gasteiger partial charge on any atom is -0.493 e. The average Bonchev–Trinajstić information content (AvgIpc) is 3.13. The summed E-state index contributed by atoms with van der Waals surface area (Å²) < 4.78 is 16.8. The minimum atomic E-state index is -0.0951. The van der Waals surface area contributed by atoms with Crippen molar-refractivity contribution in [1.29, 1.82) is 0 Å². The second-order valence-electron chi connectivity index (χ2n) is 7.36. The van der Waals surface area contributed by atoms with Crippen LogP contribution >= 0.6 is 0 Å². The number of nitrogens with one attached hydrogen (secondary N) is 1. The predicted octanol–water partition coefficient (Wildman–Crippen LogP) is 5.51. The van der Waals surface area contributed by atoms with Crippen LogP contribution in [0.3, 0.4) is 0 Å². The number of hydrogen-bond acceptors (Lipinski definition) is 4. The molecule has 1 N–H and O–H groups in total. The molecule has 0 atom stereocenters. The van der Waals surface area contributed by atoms with Crippen molar-refractivity contribution in [2.75, 3.05) is 20.8 Å². The largest absolute Gasteiger partial charge is 0.493 e. The number of ether oxygens (including phenoxy) is 3. The number of carbonyl (C=O) groups is 1. The maximum atomic E-state index is 13.1. The molecule has 0 saturated carbocycles. The Labute approximate surface area is 171 Å². The molecule has 1 heterocycles. The summed E-state index contributed by atoms with van der Waals surface area (Å²) in [6.45, 7) is 6.47. The highest BCUT2D eigenvalue weighted by atomic mass is 16.5. The monoisotopic (exact) mass is 393 g/mol. The number of ketones is 1. The zero-order valence-electron chi connectivity index (χ0n) is 17.5. The summed E-state index contributed by atoms with van der Waals surface area (Å²) in [5.74, 6) is 1.73. The first kappa shape index (κ1) is 20.5. The summed E-state index contributed by atoms with van der Waals surface area (Å²) in [6, 6.07) is 11.4. The Morgan fingerprint density at radius 3 is 2.38 bits per heavy atom. The molecule has 0 amide bonds. The molecule has 5 nitrogen and oxygen atoms in total. The number of methoxy groups -OCH3 is 2. The molecule has 29 heavy (non-hydrogen) atoms. The molecule has 0 spiro atoms. The Balaban J connectivity index is 1.95. The molecule has 0 unspecified atom stereocenters. The van der Waals surface area contributed by atoms with Gasteiger partial charge in [0, 0.05) is 28.2 Å². The number of aromatic amines is 1. The molecule has 0 fully saturated rings. The summed E-state index contributed by atoms with van der Waals surface area (Å²) in [7, 11) is 3.11. The predicted molar refractivity (Wildman–Crippen MR) is 116 cm³/mol. The highest BCUT2D eigenvalue weighted by Gasteiger charge is 2.19. The van der Waals surface area contributed by atoms with Crippen LogP contribution in [0.1, 0.15) is 36.7 Å². The summed E-state index contributed by atoms with van der Waals surface area (Å²) in [5, 5.41) is 1.08. The van der Waals surface area contributed by atoms with Crippen molar-refractivity contribution in [2.45, 2.75) is 20.8 Å². The lowest BCUT2D eigenvalue weighted by atomic mass is 10.0. The van der Waals surface area contributed by atoms with Gasteiger partial charge in [-0.15, -0.1) is 0 Å². The summed E-state index contributed by atoms with van der Waals surface area (Å²) in [5.41, 5.74) is 3.12. The number of H-pyrrole nitrogens is 1. The van der Waals surface area contributed by atoms with Crippen molar-refractivity contribution < 1.29 is 19.0 Å². The molecule has 0 saturated heterocycles. The quantitative estimate of drug-likeness (QED) is 0.405. The van der Waals surface area contributed by atoms with Crippen LogP contribution in [0.5, 0.6) is 17.2 Å². The second kappa shape index (κ2) is 8.86. The standard InChI is InChI=1S/C24H27NO4/c1-15(2)14-29-24-21(27-4)11-17(12-22(24)28-5)23(26)16(3)10-18-13-25-20-9-7-6-8-19(18)20/h6-13,15,25H,14H2,1-5H3. The first-order chi connectivity index (χ1) is 13.9. The highest BCUT2D eigenvalue weighted by molar-refractivity contribution is 6.12. The SMILES string of the molecule is COc1cc(C(=O)C(C)=Cc2c[nH]c3ccccc23)cc(OC)c1OCC(C)C. The van der Waals surface area contributed by atoms with Crippen LogP contribution in [0, 0.1) is 5.92 Å². The van der Waals surface area contributed by atoms with Crippen LogP contribution in [-0.4, -0.2) is 31.6 Å². The Kier molecular flexibility index (Phi) is 6.27. The number of benzene rings is 2. The lowest BCUT2D eigenvalue weighted by Crippen LogP contribution is -2.08. The lowest BCUT2D eigenvalue weighted by Gasteiger charge is -2.17. The van der Waals surface area contributed by atoms with Crippen molar-refractivity contribution >= 4 is 22.8 Å². The maximum absolute atomic E-state index is 13.1. The van der Waals surface area contributed by atoms with Crippen LogP contribution < -0.4 is 14.2 Å². The number of hydrogen-bond donors (Lipinski definition) is 1. The third kappa shape index (κ3) is 4.45. The van der Waals surface area contributed by atoms with Crippen LogP contribution in [0.2, 0.25) is 0 Å². The Morgan fingerprint density at radius 1 is 1.10 bits per heavy atom. The molecule has 3 aromatic rings. The molecule has 0 bridgehead atoms. The van der Waals surface area contributed by atoms with Gasteiger partial charge in [-0.05, 0) is 42.7 Å². The van der Waals surface area contributed by atoms with Gasteiger partial charge in [0.05, 0.1) is 20.8 Å². The number of para-hydroxylation sites is 1. The van der Waals surface area contributed by atoms with Gasteiger partial charge < -0.3 is 19.2 Å². The number of carbonyl (C=O) groups excluding carboxylic acids is 1. The van der Waals surface area contributed by atoms with Crippen molar-refractivity contribution in [3.63, 3.8) is 0 Å². The fourth-order valence-electron chi connectivity index (χ4n) is 3.14. The third-order valence-corrected chi connectivity index (χ3v) is 4.64. The number of aromatic nitrogens is 1. The minimum absolute atomic E-state index is 0.0951. The second-order valence-corrected chi connectivity index (χ2v) is 7.36. The fraction of sp³-hybridized carbons (Fsp3) is 0.292. The van der Waals surface area contributed by atoms with Gasteiger partial charge in [0.2, 0.25) is 5.75 Å². The first-order valence-electron chi connectivity index (χ1n) is 9.62. The van der Waals surface area contributed by atoms with E-state index in [4.69, 9.17) is 14.2 Å². The van der Waals surface area contributed by atoms with Crippen molar-refractivity contribution in [3.8, 4) is 17.2 Å². The molecule has 152 valence electrons. The molecule has 1 aromatic heterocycles. The zero-order valence-corrected chi connectivity index (χ0v) is 17.5. The molecule has 5 heteroatoms. The third-order valence-electron chi connectivity index (χ3n) is 4.64. The van der Waals surface area contributed by atoms with Crippen molar-refractivity contribution in [1.82, 2.24) is 4.98 Å². The van der Waals surface area contributed by atoms with E-state index < -0.39 is 0 Å². The van der Waals surface area contributed by atoms with Crippen LogP contribution in [-0.2, 0) is 0 Å².